The number of aliphatic carboxylic acids is 1. The average Bonchev–Trinajstić information content (AvgIpc) is 2.43. The van der Waals surface area contributed by atoms with Gasteiger partial charge in [-0.1, -0.05) is 38.1 Å². The van der Waals surface area contributed by atoms with Crippen LogP contribution in [0.15, 0.2) is 24.3 Å². The van der Waals surface area contributed by atoms with Gasteiger partial charge < -0.3 is 15.7 Å². The first kappa shape index (κ1) is 18.0. The third-order valence-electron chi connectivity index (χ3n) is 3.43. The first-order valence-electron chi connectivity index (χ1n) is 7.71. The third kappa shape index (κ3) is 6.61. The number of hydrogen-bond donors (Lipinski definition) is 3. The van der Waals surface area contributed by atoms with Gasteiger partial charge in [-0.25, -0.2) is 4.79 Å². The molecule has 1 aromatic carbocycles. The van der Waals surface area contributed by atoms with Crippen molar-refractivity contribution < 1.29 is 14.7 Å². The number of nitrogens with one attached hydrogen (secondary N) is 2. The van der Waals surface area contributed by atoms with E-state index >= 15 is 0 Å². The van der Waals surface area contributed by atoms with Crippen molar-refractivity contribution in [2.75, 3.05) is 6.54 Å². The quantitative estimate of drug-likeness (QED) is 0.645. The zero-order valence-electron chi connectivity index (χ0n) is 13.6. The predicted molar refractivity (Wildman–Crippen MR) is 86.8 cm³/mol. The lowest BCUT2D eigenvalue weighted by molar-refractivity contribution is -0.137. The lowest BCUT2D eigenvalue weighted by atomic mass is 9.94. The van der Waals surface area contributed by atoms with E-state index in [9.17, 15) is 9.59 Å². The zero-order valence-corrected chi connectivity index (χ0v) is 13.6. The van der Waals surface area contributed by atoms with E-state index in [-0.39, 0.29) is 18.5 Å². The Morgan fingerprint density at radius 1 is 1.23 bits per heavy atom. The minimum absolute atomic E-state index is 0.0410. The fourth-order valence-electron chi connectivity index (χ4n) is 2.36. The summed E-state index contributed by atoms with van der Waals surface area (Å²) in [5.41, 5.74) is 2.27. The summed E-state index contributed by atoms with van der Waals surface area (Å²) in [5.74, 6) is -0.392. The first-order valence-corrected chi connectivity index (χ1v) is 7.71. The monoisotopic (exact) mass is 306 g/mol. The number of hydrogen-bond acceptors (Lipinski definition) is 2. The molecule has 0 radical (unpaired) electrons. The second kappa shape index (κ2) is 9.07. The van der Waals surface area contributed by atoms with Gasteiger partial charge in [-0.2, -0.15) is 0 Å². The normalized spacial score (nSPS) is 12.0. The molecule has 0 heterocycles. The van der Waals surface area contributed by atoms with Gasteiger partial charge in [-0.05, 0) is 36.8 Å². The number of aryl methyl sites for hydroxylation is 1. The molecule has 0 aliphatic rings. The molecule has 0 saturated carbocycles. The summed E-state index contributed by atoms with van der Waals surface area (Å²) in [5, 5.41) is 14.3. The Kier molecular flexibility index (Phi) is 7.43. The van der Waals surface area contributed by atoms with Crippen molar-refractivity contribution in [3.63, 3.8) is 0 Å². The molecule has 1 rings (SSSR count). The van der Waals surface area contributed by atoms with E-state index in [0.29, 0.717) is 18.9 Å². The highest BCUT2D eigenvalue weighted by Gasteiger charge is 2.17. The van der Waals surface area contributed by atoms with Gasteiger partial charge >= 0.3 is 12.0 Å². The summed E-state index contributed by atoms with van der Waals surface area (Å²) in [7, 11) is 0. The zero-order chi connectivity index (χ0) is 16.5. The van der Waals surface area contributed by atoms with Crippen molar-refractivity contribution in [1.29, 1.82) is 0 Å². The molecule has 3 N–H and O–H groups in total. The van der Waals surface area contributed by atoms with Gasteiger partial charge in [0.25, 0.3) is 0 Å². The Morgan fingerprint density at radius 3 is 2.50 bits per heavy atom. The van der Waals surface area contributed by atoms with Gasteiger partial charge in [0.2, 0.25) is 0 Å². The number of rotatable bonds is 8. The summed E-state index contributed by atoms with van der Waals surface area (Å²) >= 11 is 0. The highest BCUT2D eigenvalue weighted by Crippen LogP contribution is 2.23. The van der Waals surface area contributed by atoms with Crippen molar-refractivity contribution in [3.05, 3.63) is 35.4 Å². The van der Waals surface area contributed by atoms with Crippen LogP contribution in [-0.4, -0.2) is 23.7 Å². The molecule has 1 atom stereocenters. The number of carbonyl (C=O) groups is 2. The van der Waals surface area contributed by atoms with Gasteiger partial charge in [-0.3, -0.25) is 4.79 Å². The second-order valence-electron chi connectivity index (χ2n) is 5.94. The summed E-state index contributed by atoms with van der Waals surface area (Å²) in [6.07, 6.45) is 1.35. The number of carboxylic acid groups (broad SMARTS) is 1. The Morgan fingerprint density at radius 2 is 1.91 bits per heavy atom. The van der Waals surface area contributed by atoms with Crippen LogP contribution in [-0.2, 0) is 4.79 Å². The predicted octanol–water partition coefficient (Wildman–Crippen LogP) is 3.25. The van der Waals surface area contributed by atoms with Crippen LogP contribution >= 0.6 is 0 Å². The smallest absolute Gasteiger partial charge is 0.315 e. The Balaban J connectivity index is 2.60. The van der Waals surface area contributed by atoms with Crippen molar-refractivity contribution in [3.8, 4) is 0 Å². The molecule has 22 heavy (non-hydrogen) atoms. The van der Waals surface area contributed by atoms with E-state index in [2.05, 4.69) is 24.5 Å². The number of benzene rings is 1. The Labute approximate surface area is 132 Å². The first-order chi connectivity index (χ1) is 10.4. The third-order valence-corrected chi connectivity index (χ3v) is 3.43. The number of amides is 2. The average molecular weight is 306 g/mol. The van der Waals surface area contributed by atoms with Gasteiger partial charge in [0, 0.05) is 13.0 Å². The van der Waals surface area contributed by atoms with Crippen LogP contribution in [0.2, 0.25) is 0 Å². The van der Waals surface area contributed by atoms with Crippen LogP contribution in [0, 0.1) is 12.8 Å². The summed E-state index contributed by atoms with van der Waals surface area (Å²) in [6, 6.07) is 7.74. The van der Waals surface area contributed by atoms with E-state index in [1.807, 2.05) is 31.2 Å². The van der Waals surface area contributed by atoms with Crippen LogP contribution in [0.1, 0.15) is 50.3 Å². The molecule has 0 aliphatic carbocycles. The fraction of sp³-hybridized carbons (Fsp3) is 0.529. The summed E-state index contributed by atoms with van der Waals surface area (Å²) in [6.45, 7) is 6.64. The molecule has 0 aliphatic heterocycles. The van der Waals surface area contributed by atoms with Crippen LogP contribution in [0.3, 0.4) is 0 Å². The number of carbonyl (C=O) groups excluding carboxylic acids is 1. The van der Waals surface area contributed by atoms with Crippen molar-refractivity contribution >= 4 is 12.0 Å². The molecule has 0 spiro atoms. The maximum atomic E-state index is 12.0. The SMILES string of the molecule is Cc1ccccc1C(CC(C)C)NC(=O)NCCCC(=O)O. The summed E-state index contributed by atoms with van der Waals surface area (Å²) in [4.78, 5) is 22.4. The van der Waals surface area contributed by atoms with Crippen LogP contribution in [0.5, 0.6) is 0 Å². The minimum atomic E-state index is -0.847. The molecular formula is C17H26N2O3. The standard InChI is InChI=1S/C17H26N2O3/c1-12(2)11-15(14-8-5-4-7-13(14)3)19-17(22)18-10-6-9-16(20)21/h4-5,7-8,12,15H,6,9-11H2,1-3H3,(H,20,21)(H2,18,19,22). The summed E-state index contributed by atoms with van der Waals surface area (Å²) < 4.78 is 0. The molecule has 5 nitrogen and oxygen atoms in total. The molecule has 0 fully saturated rings. The maximum absolute atomic E-state index is 12.0. The van der Waals surface area contributed by atoms with E-state index in [1.54, 1.807) is 0 Å². The fourth-order valence-corrected chi connectivity index (χ4v) is 2.36. The van der Waals surface area contributed by atoms with Crippen LogP contribution in [0.25, 0.3) is 0 Å². The molecule has 1 aromatic rings. The topological polar surface area (TPSA) is 78.4 Å². The van der Waals surface area contributed by atoms with E-state index in [4.69, 9.17) is 5.11 Å². The molecule has 2 amide bonds. The minimum Gasteiger partial charge on any atom is -0.481 e. The van der Waals surface area contributed by atoms with Crippen molar-refractivity contribution in [2.24, 2.45) is 5.92 Å². The highest BCUT2D eigenvalue weighted by molar-refractivity contribution is 5.74. The van der Waals surface area contributed by atoms with Gasteiger partial charge in [0.05, 0.1) is 6.04 Å². The maximum Gasteiger partial charge on any atom is 0.315 e. The van der Waals surface area contributed by atoms with Crippen molar-refractivity contribution in [2.45, 2.75) is 46.1 Å². The number of carboxylic acids is 1. The molecular weight excluding hydrogens is 280 g/mol. The van der Waals surface area contributed by atoms with Crippen molar-refractivity contribution in [1.82, 2.24) is 10.6 Å². The lowest BCUT2D eigenvalue weighted by Crippen LogP contribution is -2.39. The van der Waals surface area contributed by atoms with E-state index < -0.39 is 5.97 Å². The Bertz CT molecular complexity index is 500. The van der Waals surface area contributed by atoms with E-state index in [1.165, 1.54) is 0 Å². The second-order valence-corrected chi connectivity index (χ2v) is 5.94. The molecule has 0 saturated heterocycles. The van der Waals surface area contributed by atoms with Crippen LogP contribution in [0.4, 0.5) is 4.79 Å². The lowest BCUT2D eigenvalue weighted by Gasteiger charge is -2.23. The Hall–Kier alpha value is -2.04. The van der Waals surface area contributed by atoms with Gasteiger partial charge in [0.15, 0.2) is 0 Å². The number of urea groups is 1. The van der Waals surface area contributed by atoms with Gasteiger partial charge in [-0.15, -0.1) is 0 Å². The largest absolute Gasteiger partial charge is 0.481 e. The molecule has 1 unspecified atom stereocenters. The van der Waals surface area contributed by atoms with Crippen LogP contribution < -0.4 is 10.6 Å². The van der Waals surface area contributed by atoms with E-state index in [0.717, 1.165) is 17.5 Å². The molecule has 0 aromatic heterocycles. The molecule has 0 bridgehead atoms. The van der Waals surface area contributed by atoms with Gasteiger partial charge in [0.1, 0.15) is 0 Å². The molecule has 122 valence electrons. The highest BCUT2D eigenvalue weighted by atomic mass is 16.4. The molecule has 5 heteroatoms.